The third-order valence-corrected chi connectivity index (χ3v) is 2.16. The van der Waals surface area contributed by atoms with Crippen molar-refractivity contribution < 1.29 is 19.8 Å². The van der Waals surface area contributed by atoms with Gasteiger partial charge in [-0.25, -0.2) is 0 Å². The maximum absolute atomic E-state index is 10.6. The molecule has 0 saturated carbocycles. The van der Waals surface area contributed by atoms with E-state index < -0.39 is 11.9 Å². The lowest BCUT2D eigenvalue weighted by molar-refractivity contribution is -0.141. The number of carbonyl (C=O) groups is 2. The van der Waals surface area contributed by atoms with Crippen molar-refractivity contribution in [3.05, 3.63) is 30.1 Å². The van der Waals surface area contributed by atoms with Crippen molar-refractivity contribution in [2.24, 2.45) is 0 Å². The van der Waals surface area contributed by atoms with Crippen molar-refractivity contribution in [1.82, 2.24) is 9.88 Å². The molecular weight excluding hydrogens is 224 g/mol. The van der Waals surface area contributed by atoms with Gasteiger partial charge in [0.25, 0.3) is 0 Å². The van der Waals surface area contributed by atoms with Gasteiger partial charge in [-0.15, -0.1) is 0 Å². The molecule has 0 saturated heterocycles. The number of hydrogen-bond acceptors (Lipinski definition) is 4. The van der Waals surface area contributed by atoms with Crippen LogP contribution in [0, 0.1) is 0 Å². The summed E-state index contributed by atoms with van der Waals surface area (Å²) in [5.41, 5.74) is 0.952. The summed E-state index contributed by atoms with van der Waals surface area (Å²) in [5.74, 6) is -2.06. The Kier molecular flexibility index (Phi) is 5.09. The van der Waals surface area contributed by atoms with E-state index in [1.165, 1.54) is 4.90 Å². The molecule has 1 heterocycles. The number of nitrogens with zero attached hydrogens (tertiary/aromatic N) is 2. The van der Waals surface area contributed by atoms with E-state index in [1.54, 1.807) is 18.5 Å². The lowest BCUT2D eigenvalue weighted by Gasteiger charge is -2.17. The van der Waals surface area contributed by atoms with Crippen LogP contribution in [-0.2, 0) is 16.0 Å². The van der Waals surface area contributed by atoms with Crippen molar-refractivity contribution >= 4 is 11.9 Å². The Morgan fingerprint density at radius 3 is 2.35 bits per heavy atom. The van der Waals surface area contributed by atoms with Crippen LogP contribution in [0.15, 0.2) is 24.5 Å². The predicted octanol–water partition coefficient (Wildman–Crippen LogP) is 0.0953. The first-order valence-corrected chi connectivity index (χ1v) is 5.13. The zero-order chi connectivity index (χ0) is 12.7. The van der Waals surface area contributed by atoms with E-state index in [4.69, 9.17) is 10.2 Å². The van der Waals surface area contributed by atoms with Gasteiger partial charge in [0.1, 0.15) is 0 Å². The number of aromatic nitrogens is 1. The Morgan fingerprint density at radius 2 is 1.88 bits per heavy atom. The first kappa shape index (κ1) is 13.1. The molecule has 92 valence electrons. The SMILES string of the molecule is O=C(O)CN(CCc1cccnc1)CC(=O)O. The molecule has 1 aromatic rings. The Morgan fingerprint density at radius 1 is 1.24 bits per heavy atom. The average molecular weight is 238 g/mol. The highest BCUT2D eigenvalue weighted by atomic mass is 16.4. The number of pyridine rings is 1. The van der Waals surface area contributed by atoms with Crippen molar-refractivity contribution in [1.29, 1.82) is 0 Å². The van der Waals surface area contributed by atoms with Crippen molar-refractivity contribution in [2.45, 2.75) is 6.42 Å². The van der Waals surface area contributed by atoms with E-state index in [0.717, 1.165) is 5.56 Å². The molecule has 6 nitrogen and oxygen atoms in total. The largest absolute Gasteiger partial charge is 0.480 e. The smallest absolute Gasteiger partial charge is 0.317 e. The van der Waals surface area contributed by atoms with E-state index in [-0.39, 0.29) is 13.1 Å². The summed E-state index contributed by atoms with van der Waals surface area (Å²) in [6, 6.07) is 3.65. The fourth-order valence-electron chi connectivity index (χ4n) is 1.43. The van der Waals surface area contributed by atoms with Crippen LogP contribution in [0.2, 0.25) is 0 Å². The third kappa shape index (κ3) is 5.62. The van der Waals surface area contributed by atoms with Gasteiger partial charge in [-0.2, -0.15) is 0 Å². The molecule has 0 spiro atoms. The number of carboxylic acids is 2. The monoisotopic (exact) mass is 238 g/mol. The molecule has 0 radical (unpaired) electrons. The van der Waals surface area contributed by atoms with Crippen molar-refractivity contribution in [3.8, 4) is 0 Å². The summed E-state index contributed by atoms with van der Waals surface area (Å²) < 4.78 is 0. The Balaban J connectivity index is 2.48. The summed E-state index contributed by atoms with van der Waals surface area (Å²) in [4.78, 5) is 26.4. The molecule has 17 heavy (non-hydrogen) atoms. The fourth-order valence-corrected chi connectivity index (χ4v) is 1.43. The van der Waals surface area contributed by atoms with Gasteiger partial charge >= 0.3 is 11.9 Å². The molecule has 1 aromatic heterocycles. The molecule has 0 aromatic carbocycles. The zero-order valence-electron chi connectivity index (χ0n) is 9.24. The van der Waals surface area contributed by atoms with Gasteiger partial charge in [-0.3, -0.25) is 19.5 Å². The molecule has 0 aliphatic rings. The van der Waals surface area contributed by atoms with Crippen LogP contribution in [0.3, 0.4) is 0 Å². The second-order valence-electron chi connectivity index (χ2n) is 3.61. The molecule has 0 amide bonds. The predicted molar refractivity (Wildman–Crippen MR) is 59.7 cm³/mol. The zero-order valence-corrected chi connectivity index (χ0v) is 9.24. The summed E-state index contributed by atoms with van der Waals surface area (Å²) >= 11 is 0. The first-order valence-electron chi connectivity index (χ1n) is 5.13. The number of hydrogen-bond donors (Lipinski definition) is 2. The van der Waals surface area contributed by atoms with Crippen LogP contribution in [-0.4, -0.2) is 51.7 Å². The van der Waals surface area contributed by atoms with E-state index in [0.29, 0.717) is 13.0 Å². The molecule has 1 rings (SSSR count). The molecule has 6 heteroatoms. The summed E-state index contributed by atoms with van der Waals surface area (Å²) in [6.07, 6.45) is 3.91. The van der Waals surface area contributed by atoms with Crippen LogP contribution in [0.1, 0.15) is 5.56 Å². The van der Waals surface area contributed by atoms with Crippen molar-refractivity contribution in [2.75, 3.05) is 19.6 Å². The Hall–Kier alpha value is -1.95. The summed E-state index contributed by atoms with van der Waals surface area (Å²) in [5, 5.41) is 17.3. The lowest BCUT2D eigenvalue weighted by Crippen LogP contribution is -2.35. The second-order valence-corrected chi connectivity index (χ2v) is 3.61. The molecule has 0 aliphatic heterocycles. The standard InChI is InChI=1S/C11H14N2O4/c14-10(15)7-13(8-11(16)17)5-3-9-2-1-4-12-6-9/h1-2,4,6H,3,5,7-8H2,(H,14,15)(H,16,17). The Labute approximate surface area is 98.5 Å². The highest BCUT2D eigenvalue weighted by Crippen LogP contribution is 1.99. The van der Waals surface area contributed by atoms with Gasteiger partial charge in [0.15, 0.2) is 0 Å². The normalized spacial score (nSPS) is 10.4. The van der Waals surface area contributed by atoms with E-state index >= 15 is 0 Å². The Bertz CT molecular complexity index is 364. The fraction of sp³-hybridized carbons (Fsp3) is 0.364. The van der Waals surface area contributed by atoms with Gasteiger partial charge in [-0.1, -0.05) is 6.07 Å². The molecule has 0 fully saturated rings. The average Bonchev–Trinajstić information content (AvgIpc) is 2.26. The van der Waals surface area contributed by atoms with E-state index in [1.807, 2.05) is 6.07 Å². The molecular formula is C11H14N2O4. The van der Waals surface area contributed by atoms with E-state index in [2.05, 4.69) is 4.98 Å². The van der Waals surface area contributed by atoms with Gasteiger partial charge in [-0.05, 0) is 18.1 Å². The molecule has 0 atom stereocenters. The third-order valence-electron chi connectivity index (χ3n) is 2.16. The highest BCUT2D eigenvalue weighted by Gasteiger charge is 2.12. The molecule has 2 N–H and O–H groups in total. The number of rotatable bonds is 7. The molecule has 0 bridgehead atoms. The maximum Gasteiger partial charge on any atom is 0.317 e. The van der Waals surface area contributed by atoms with Crippen LogP contribution in [0.4, 0.5) is 0 Å². The van der Waals surface area contributed by atoms with Gasteiger partial charge in [0.2, 0.25) is 0 Å². The van der Waals surface area contributed by atoms with Crippen LogP contribution < -0.4 is 0 Å². The van der Waals surface area contributed by atoms with Crippen LogP contribution in [0.5, 0.6) is 0 Å². The minimum Gasteiger partial charge on any atom is -0.480 e. The van der Waals surface area contributed by atoms with Crippen molar-refractivity contribution in [3.63, 3.8) is 0 Å². The minimum atomic E-state index is -1.03. The first-order chi connectivity index (χ1) is 8.08. The second kappa shape index (κ2) is 6.59. The topological polar surface area (TPSA) is 90.7 Å². The molecule has 0 aliphatic carbocycles. The highest BCUT2D eigenvalue weighted by molar-refractivity contribution is 5.72. The quantitative estimate of drug-likeness (QED) is 0.700. The van der Waals surface area contributed by atoms with Gasteiger partial charge < -0.3 is 10.2 Å². The summed E-state index contributed by atoms with van der Waals surface area (Å²) in [6.45, 7) is -0.163. The van der Waals surface area contributed by atoms with Gasteiger partial charge in [0, 0.05) is 18.9 Å². The van der Waals surface area contributed by atoms with Crippen LogP contribution in [0.25, 0.3) is 0 Å². The van der Waals surface area contributed by atoms with Gasteiger partial charge in [0.05, 0.1) is 13.1 Å². The summed E-state index contributed by atoms with van der Waals surface area (Å²) in [7, 11) is 0. The van der Waals surface area contributed by atoms with E-state index in [9.17, 15) is 9.59 Å². The minimum absolute atomic E-state index is 0.271. The lowest BCUT2D eigenvalue weighted by atomic mass is 10.2. The van der Waals surface area contributed by atoms with Crippen LogP contribution >= 0.6 is 0 Å². The number of carboxylic acid groups (broad SMARTS) is 2. The maximum atomic E-state index is 10.6. The molecule has 0 unspecified atom stereocenters. The number of aliphatic carboxylic acids is 2.